The van der Waals surface area contributed by atoms with Gasteiger partial charge in [0.25, 0.3) is 0 Å². The van der Waals surface area contributed by atoms with Crippen LogP contribution in [0.15, 0.2) is 47.5 Å². The standard InChI is InChI=1S/C20H23F2N5O/c1-24-20(25-11-13-5-7-14(8-6-13)19(23)28)26-15-9-10-27(12-15)18-16(21)3-2-4-17(18)22/h2-8,15H,9-12H2,1H3,(H2,23,28)(H2,24,25,26). The molecule has 0 spiro atoms. The maximum Gasteiger partial charge on any atom is 0.248 e. The van der Waals surface area contributed by atoms with Crippen LogP contribution < -0.4 is 21.3 Å². The lowest BCUT2D eigenvalue weighted by atomic mass is 10.1. The minimum atomic E-state index is -0.553. The molecule has 0 saturated carbocycles. The van der Waals surface area contributed by atoms with E-state index in [2.05, 4.69) is 15.6 Å². The summed E-state index contributed by atoms with van der Waals surface area (Å²) >= 11 is 0. The summed E-state index contributed by atoms with van der Waals surface area (Å²) in [6.45, 7) is 1.55. The maximum absolute atomic E-state index is 14.0. The number of halogens is 2. The van der Waals surface area contributed by atoms with Crippen LogP contribution in [0.1, 0.15) is 22.3 Å². The number of para-hydroxylation sites is 1. The third kappa shape index (κ3) is 4.57. The molecule has 0 bridgehead atoms. The van der Waals surface area contributed by atoms with E-state index in [1.807, 2.05) is 12.1 Å². The first-order valence-corrected chi connectivity index (χ1v) is 9.03. The van der Waals surface area contributed by atoms with E-state index in [-0.39, 0.29) is 11.7 Å². The average Bonchev–Trinajstić information content (AvgIpc) is 3.13. The highest BCUT2D eigenvalue weighted by Crippen LogP contribution is 2.26. The Morgan fingerprint density at radius 2 is 1.89 bits per heavy atom. The molecule has 0 aliphatic carbocycles. The normalized spacial score (nSPS) is 16.9. The number of nitrogens with zero attached hydrogens (tertiary/aromatic N) is 2. The largest absolute Gasteiger partial charge is 0.366 e. The molecule has 1 atom stereocenters. The monoisotopic (exact) mass is 387 g/mol. The smallest absolute Gasteiger partial charge is 0.248 e. The van der Waals surface area contributed by atoms with Crippen LogP contribution in [0.3, 0.4) is 0 Å². The Bertz CT molecular complexity index is 849. The van der Waals surface area contributed by atoms with Gasteiger partial charge in [0, 0.05) is 38.3 Å². The van der Waals surface area contributed by atoms with Gasteiger partial charge >= 0.3 is 0 Å². The summed E-state index contributed by atoms with van der Waals surface area (Å²) < 4.78 is 28.0. The third-order valence-corrected chi connectivity index (χ3v) is 4.70. The number of benzene rings is 2. The fourth-order valence-electron chi connectivity index (χ4n) is 3.23. The van der Waals surface area contributed by atoms with Crippen molar-refractivity contribution in [3.63, 3.8) is 0 Å². The molecule has 28 heavy (non-hydrogen) atoms. The lowest BCUT2D eigenvalue weighted by Gasteiger charge is -2.21. The molecule has 0 aromatic heterocycles. The predicted octanol–water partition coefficient (Wildman–Crippen LogP) is 2.01. The Labute approximate surface area is 162 Å². The van der Waals surface area contributed by atoms with Gasteiger partial charge in [0.05, 0.1) is 0 Å². The van der Waals surface area contributed by atoms with Crippen molar-refractivity contribution < 1.29 is 13.6 Å². The van der Waals surface area contributed by atoms with Crippen molar-refractivity contribution in [2.24, 2.45) is 10.7 Å². The highest BCUT2D eigenvalue weighted by molar-refractivity contribution is 5.92. The van der Waals surface area contributed by atoms with Crippen LogP contribution in [-0.4, -0.2) is 38.0 Å². The zero-order valence-electron chi connectivity index (χ0n) is 15.6. The summed E-state index contributed by atoms with van der Waals surface area (Å²) in [6, 6.07) is 10.9. The van der Waals surface area contributed by atoms with Gasteiger partial charge in [-0.3, -0.25) is 9.79 Å². The van der Waals surface area contributed by atoms with Gasteiger partial charge in [0.2, 0.25) is 5.91 Å². The fraction of sp³-hybridized carbons (Fsp3) is 0.300. The number of carbonyl (C=O) groups excluding carboxylic acids is 1. The molecule has 3 rings (SSSR count). The van der Waals surface area contributed by atoms with Crippen LogP contribution in [0.25, 0.3) is 0 Å². The van der Waals surface area contributed by atoms with Crippen molar-refractivity contribution in [3.05, 3.63) is 65.2 Å². The molecule has 2 aromatic carbocycles. The van der Waals surface area contributed by atoms with E-state index in [9.17, 15) is 13.6 Å². The van der Waals surface area contributed by atoms with Crippen molar-refractivity contribution in [3.8, 4) is 0 Å². The molecule has 2 aromatic rings. The number of nitrogens with two attached hydrogens (primary N) is 1. The van der Waals surface area contributed by atoms with Gasteiger partial charge in [-0.15, -0.1) is 0 Å². The minimum absolute atomic E-state index is 0.0162. The quantitative estimate of drug-likeness (QED) is 0.541. The second kappa shape index (κ2) is 8.69. The number of hydrogen-bond donors (Lipinski definition) is 3. The van der Waals surface area contributed by atoms with E-state index in [1.54, 1.807) is 24.1 Å². The number of guanidine groups is 1. The summed E-state index contributed by atoms with van der Waals surface area (Å²) in [7, 11) is 1.66. The van der Waals surface area contributed by atoms with Crippen molar-refractivity contribution in [1.82, 2.24) is 10.6 Å². The van der Waals surface area contributed by atoms with Crippen LogP contribution in [0.2, 0.25) is 0 Å². The Morgan fingerprint density at radius 3 is 2.50 bits per heavy atom. The maximum atomic E-state index is 14.0. The average molecular weight is 387 g/mol. The number of amides is 1. The molecule has 1 aliphatic rings. The number of hydrogen-bond acceptors (Lipinski definition) is 3. The molecule has 6 nitrogen and oxygen atoms in total. The van der Waals surface area contributed by atoms with E-state index in [0.29, 0.717) is 31.2 Å². The van der Waals surface area contributed by atoms with Crippen LogP contribution in [0, 0.1) is 11.6 Å². The summed E-state index contributed by atoms with van der Waals surface area (Å²) in [6.07, 6.45) is 0.738. The molecule has 8 heteroatoms. The molecular weight excluding hydrogens is 364 g/mol. The molecule has 1 fully saturated rings. The highest BCUT2D eigenvalue weighted by Gasteiger charge is 2.27. The summed E-state index contributed by atoms with van der Waals surface area (Å²) in [4.78, 5) is 17.0. The zero-order chi connectivity index (χ0) is 20.1. The highest BCUT2D eigenvalue weighted by atomic mass is 19.1. The summed E-state index contributed by atoms with van der Waals surface area (Å²) in [5.41, 5.74) is 6.68. The number of primary amides is 1. The van der Waals surface area contributed by atoms with Gasteiger partial charge in [0.1, 0.15) is 17.3 Å². The second-order valence-corrected chi connectivity index (χ2v) is 6.63. The molecule has 1 heterocycles. The van der Waals surface area contributed by atoms with Crippen molar-refractivity contribution >= 4 is 17.6 Å². The van der Waals surface area contributed by atoms with Crippen LogP contribution in [-0.2, 0) is 6.54 Å². The first kappa shape index (κ1) is 19.6. The number of carbonyl (C=O) groups is 1. The van der Waals surface area contributed by atoms with Gasteiger partial charge in [-0.1, -0.05) is 18.2 Å². The lowest BCUT2D eigenvalue weighted by molar-refractivity contribution is 0.100. The molecular formula is C20H23F2N5O. The summed E-state index contributed by atoms with van der Waals surface area (Å²) in [5, 5.41) is 6.48. The lowest BCUT2D eigenvalue weighted by Crippen LogP contribution is -2.44. The van der Waals surface area contributed by atoms with E-state index < -0.39 is 17.5 Å². The SMILES string of the molecule is CN=C(NCc1ccc(C(N)=O)cc1)NC1CCN(c2c(F)cccc2F)C1. The minimum Gasteiger partial charge on any atom is -0.366 e. The van der Waals surface area contributed by atoms with Gasteiger partial charge in [-0.05, 0) is 36.2 Å². The van der Waals surface area contributed by atoms with Crippen molar-refractivity contribution in [2.75, 3.05) is 25.0 Å². The van der Waals surface area contributed by atoms with Gasteiger partial charge in [-0.2, -0.15) is 0 Å². The number of nitrogens with one attached hydrogen (secondary N) is 2. The van der Waals surface area contributed by atoms with Crippen LogP contribution in [0.4, 0.5) is 14.5 Å². The fourth-order valence-corrected chi connectivity index (χ4v) is 3.23. The van der Waals surface area contributed by atoms with E-state index in [4.69, 9.17) is 5.73 Å². The first-order valence-electron chi connectivity index (χ1n) is 9.03. The molecule has 4 N–H and O–H groups in total. The Kier molecular flexibility index (Phi) is 6.08. The zero-order valence-corrected chi connectivity index (χ0v) is 15.6. The second-order valence-electron chi connectivity index (χ2n) is 6.63. The van der Waals surface area contributed by atoms with Gasteiger partial charge in [-0.25, -0.2) is 8.78 Å². The third-order valence-electron chi connectivity index (χ3n) is 4.70. The van der Waals surface area contributed by atoms with Crippen LogP contribution in [0.5, 0.6) is 0 Å². The predicted molar refractivity (Wildman–Crippen MR) is 105 cm³/mol. The van der Waals surface area contributed by atoms with Gasteiger partial charge < -0.3 is 21.3 Å². The Hall–Kier alpha value is -3.16. The molecule has 1 saturated heterocycles. The Morgan fingerprint density at radius 1 is 1.21 bits per heavy atom. The van der Waals surface area contributed by atoms with E-state index in [0.717, 1.165) is 12.0 Å². The number of rotatable bonds is 5. The summed E-state index contributed by atoms with van der Waals surface area (Å²) in [5.74, 6) is -0.973. The number of aliphatic imine (C=N–C) groups is 1. The van der Waals surface area contributed by atoms with Crippen molar-refractivity contribution in [1.29, 1.82) is 0 Å². The Balaban J connectivity index is 1.55. The molecule has 1 unspecified atom stereocenters. The number of anilines is 1. The van der Waals surface area contributed by atoms with E-state index >= 15 is 0 Å². The van der Waals surface area contributed by atoms with E-state index in [1.165, 1.54) is 18.2 Å². The van der Waals surface area contributed by atoms with Gasteiger partial charge in [0.15, 0.2) is 5.96 Å². The molecule has 1 amide bonds. The van der Waals surface area contributed by atoms with Crippen LogP contribution >= 0.6 is 0 Å². The molecule has 148 valence electrons. The van der Waals surface area contributed by atoms with Crippen molar-refractivity contribution in [2.45, 2.75) is 19.0 Å². The first-order chi connectivity index (χ1) is 13.5. The molecule has 1 aliphatic heterocycles. The topological polar surface area (TPSA) is 82.7 Å². The molecule has 0 radical (unpaired) electrons.